The summed E-state index contributed by atoms with van der Waals surface area (Å²) in [6.45, 7) is 2.93. The van der Waals surface area contributed by atoms with Gasteiger partial charge in [0.25, 0.3) is 5.91 Å². The van der Waals surface area contributed by atoms with E-state index in [9.17, 15) is 4.79 Å². The van der Waals surface area contributed by atoms with Crippen LogP contribution in [0, 0.1) is 6.92 Å². The maximum Gasteiger partial charge on any atom is 0.254 e. The number of amides is 1. The minimum absolute atomic E-state index is 0.177. The molecular formula is C24H25N3O. The number of benzene rings is 1. The third-order valence-electron chi connectivity index (χ3n) is 6.20. The fraction of sp³-hybridized carbons (Fsp3) is 0.375. The lowest BCUT2D eigenvalue weighted by Gasteiger charge is -2.35. The minimum atomic E-state index is 0.177. The quantitative estimate of drug-likeness (QED) is 0.789. The van der Waals surface area contributed by atoms with Crippen LogP contribution in [0.4, 0.5) is 0 Å². The summed E-state index contributed by atoms with van der Waals surface area (Å²) in [6, 6.07) is 12.7. The number of hydrogen-bond donors (Lipinski definition) is 0. The van der Waals surface area contributed by atoms with E-state index in [0.29, 0.717) is 12.1 Å². The van der Waals surface area contributed by atoms with Crippen LogP contribution in [-0.2, 0) is 0 Å². The number of aromatic nitrogens is 1. The van der Waals surface area contributed by atoms with E-state index in [0.717, 1.165) is 61.0 Å². The van der Waals surface area contributed by atoms with Crippen LogP contribution in [-0.4, -0.2) is 40.6 Å². The lowest BCUT2D eigenvalue weighted by molar-refractivity contribution is 0.0645. The van der Waals surface area contributed by atoms with Gasteiger partial charge in [-0.15, -0.1) is 0 Å². The standard InChI is InChI=1S/C24H25N3O/c1-16-3-2-12-26-23(16)17-4-6-18(7-5-17)24(28)27(21-10-11-21)22-9-8-19-14-25-15-20(19)13-22/h2-7,12,15,21-22H,8-11,13-14H2,1H3. The van der Waals surface area contributed by atoms with E-state index < -0.39 is 0 Å². The van der Waals surface area contributed by atoms with Crippen molar-refractivity contribution in [2.45, 2.75) is 51.1 Å². The van der Waals surface area contributed by atoms with E-state index in [2.05, 4.69) is 27.9 Å². The normalized spacial score (nSPS) is 21.0. The van der Waals surface area contributed by atoms with Crippen molar-refractivity contribution in [1.82, 2.24) is 9.88 Å². The second kappa shape index (κ2) is 7.01. The van der Waals surface area contributed by atoms with E-state index in [1.54, 1.807) is 0 Å². The van der Waals surface area contributed by atoms with Crippen LogP contribution < -0.4 is 0 Å². The van der Waals surface area contributed by atoms with Crippen molar-refractivity contribution >= 4 is 12.1 Å². The Balaban J connectivity index is 1.38. The lowest BCUT2D eigenvalue weighted by Crippen LogP contribution is -2.43. The molecule has 5 rings (SSSR count). The molecule has 1 aromatic heterocycles. The third-order valence-corrected chi connectivity index (χ3v) is 6.20. The van der Waals surface area contributed by atoms with Gasteiger partial charge in [-0.05, 0) is 73.9 Å². The summed E-state index contributed by atoms with van der Waals surface area (Å²) in [5, 5.41) is 0. The second-order valence-corrected chi connectivity index (χ2v) is 8.19. The van der Waals surface area contributed by atoms with Crippen molar-refractivity contribution in [2.75, 3.05) is 6.54 Å². The molecule has 2 aliphatic carbocycles. The van der Waals surface area contributed by atoms with Crippen LogP contribution in [0.1, 0.15) is 48.0 Å². The summed E-state index contributed by atoms with van der Waals surface area (Å²) in [4.78, 5) is 24.5. The molecule has 3 aliphatic rings. The van der Waals surface area contributed by atoms with Crippen LogP contribution in [0.3, 0.4) is 0 Å². The van der Waals surface area contributed by atoms with Crippen molar-refractivity contribution in [1.29, 1.82) is 0 Å². The summed E-state index contributed by atoms with van der Waals surface area (Å²) in [5.41, 5.74) is 6.81. The first-order valence-corrected chi connectivity index (χ1v) is 10.3. The molecule has 1 atom stereocenters. The molecule has 0 bridgehead atoms. The molecule has 1 amide bonds. The van der Waals surface area contributed by atoms with Gasteiger partial charge in [0, 0.05) is 35.6 Å². The van der Waals surface area contributed by atoms with Gasteiger partial charge >= 0.3 is 0 Å². The summed E-state index contributed by atoms with van der Waals surface area (Å²) in [7, 11) is 0. The Morgan fingerprint density at radius 2 is 1.89 bits per heavy atom. The maximum absolute atomic E-state index is 13.4. The maximum atomic E-state index is 13.4. The summed E-state index contributed by atoms with van der Waals surface area (Å²) in [6.07, 6.45) is 9.22. The van der Waals surface area contributed by atoms with Gasteiger partial charge in [-0.2, -0.15) is 0 Å². The largest absolute Gasteiger partial charge is 0.332 e. The molecule has 1 saturated carbocycles. The predicted octanol–water partition coefficient (Wildman–Crippen LogP) is 4.60. The van der Waals surface area contributed by atoms with E-state index in [-0.39, 0.29) is 5.91 Å². The highest BCUT2D eigenvalue weighted by Gasteiger charge is 2.39. The van der Waals surface area contributed by atoms with Crippen LogP contribution >= 0.6 is 0 Å². The van der Waals surface area contributed by atoms with Gasteiger partial charge in [0.15, 0.2) is 0 Å². The number of carbonyl (C=O) groups is 1. The fourth-order valence-electron chi connectivity index (χ4n) is 4.52. The first kappa shape index (κ1) is 17.4. The van der Waals surface area contributed by atoms with E-state index in [1.165, 1.54) is 11.1 Å². The van der Waals surface area contributed by atoms with Gasteiger partial charge in [-0.1, -0.05) is 18.2 Å². The Hall–Kier alpha value is -2.75. The van der Waals surface area contributed by atoms with Gasteiger partial charge in [0.05, 0.1) is 12.2 Å². The molecule has 2 heterocycles. The molecule has 0 saturated heterocycles. The van der Waals surface area contributed by atoms with Crippen LogP contribution in [0.2, 0.25) is 0 Å². The molecule has 0 spiro atoms. The number of rotatable bonds is 4. The Kier molecular flexibility index (Phi) is 4.34. The van der Waals surface area contributed by atoms with E-state index in [1.807, 2.05) is 42.7 Å². The molecule has 142 valence electrons. The zero-order chi connectivity index (χ0) is 19.1. The molecule has 1 fully saturated rings. The highest BCUT2D eigenvalue weighted by molar-refractivity contribution is 5.95. The van der Waals surface area contributed by atoms with Crippen molar-refractivity contribution in [3.05, 3.63) is 64.9 Å². The smallest absolute Gasteiger partial charge is 0.254 e. The highest BCUT2D eigenvalue weighted by atomic mass is 16.2. The lowest BCUT2D eigenvalue weighted by atomic mass is 9.88. The average Bonchev–Trinajstić information content (AvgIpc) is 3.44. The van der Waals surface area contributed by atoms with Crippen LogP contribution in [0.5, 0.6) is 0 Å². The molecule has 1 aromatic carbocycles. The first-order valence-electron chi connectivity index (χ1n) is 10.3. The van der Waals surface area contributed by atoms with E-state index >= 15 is 0 Å². The summed E-state index contributed by atoms with van der Waals surface area (Å²) in [5.74, 6) is 0.177. The van der Waals surface area contributed by atoms with Crippen LogP contribution in [0.15, 0.2) is 58.7 Å². The molecule has 2 aromatic rings. The second-order valence-electron chi connectivity index (χ2n) is 8.19. The predicted molar refractivity (Wildman–Crippen MR) is 112 cm³/mol. The molecule has 0 N–H and O–H groups in total. The number of aryl methyl sites for hydroxylation is 1. The number of carbonyl (C=O) groups excluding carboxylic acids is 1. The fourth-order valence-corrected chi connectivity index (χ4v) is 4.52. The molecule has 4 heteroatoms. The summed E-state index contributed by atoms with van der Waals surface area (Å²) >= 11 is 0. The Bertz CT molecular complexity index is 970. The number of aliphatic imine (C=N–C) groups is 1. The van der Waals surface area contributed by atoms with Crippen molar-refractivity contribution in [3.63, 3.8) is 0 Å². The van der Waals surface area contributed by atoms with Crippen molar-refractivity contribution in [3.8, 4) is 11.3 Å². The molecule has 1 aliphatic heterocycles. The van der Waals surface area contributed by atoms with Gasteiger partial charge in [-0.3, -0.25) is 14.8 Å². The SMILES string of the molecule is Cc1cccnc1-c1ccc(C(=O)N(C2CC2)C2CCC3=C(C=NC3)C2)cc1. The van der Waals surface area contributed by atoms with Crippen molar-refractivity contribution < 1.29 is 4.79 Å². The average molecular weight is 371 g/mol. The zero-order valence-corrected chi connectivity index (χ0v) is 16.3. The third kappa shape index (κ3) is 3.17. The summed E-state index contributed by atoms with van der Waals surface area (Å²) < 4.78 is 0. The van der Waals surface area contributed by atoms with Gasteiger partial charge in [0.2, 0.25) is 0 Å². The number of nitrogens with zero attached hydrogens (tertiary/aromatic N) is 3. The van der Waals surface area contributed by atoms with Crippen LogP contribution in [0.25, 0.3) is 11.3 Å². The topological polar surface area (TPSA) is 45.6 Å². The molecule has 0 radical (unpaired) electrons. The number of pyridine rings is 1. The molecular weight excluding hydrogens is 346 g/mol. The van der Waals surface area contributed by atoms with Gasteiger partial charge in [0.1, 0.15) is 0 Å². The monoisotopic (exact) mass is 371 g/mol. The Morgan fingerprint density at radius 3 is 2.64 bits per heavy atom. The number of hydrogen-bond acceptors (Lipinski definition) is 3. The minimum Gasteiger partial charge on any atom is -0.332 e. The first-order chi connectivity index (χ1) is 13.7. The van der Waals surface area contributed by atoms with Gasteiger partial charge < -0.3 is 4.90 Å². The molecule has 1 unspecified atom stereocenters. The molecule has 28 heavy (non-hydrogen) atoms. The Morgan fingerprint density at radius 1 is 1.07 bits per heavy atom. The highest BCUT2D eigenvalue weighted by Crippen LogP contribution is 2.37. The molecule has 4 nitrogen and oxygen atoms in total. The van der Waals surface area contributed by atoms with Crippen molar-refractivity contribution in [2.24, 2.45) is 4.99 Å². The zero-order valence-electron chi connectivity index (χ0n) is 16.3. The van der Waals surface area contributed by atoms with Gasteiger partial charge in [-0.25, -0.2) is 0 Å². The van der Waals surface area contributed by atoms with E-state index in [4.69, 9.17) is 0 Å². The Labute approximate surface area is 166 Å².